The van der Waals surface area contributed by atoms with Crippen LogP contribution in [-0.4, -0.2) is 32.7 Å². The third-order valence-electron chi connectivity index (χ3n) is 5.00. The molecule has 1 aromatic carbocycles. The number of thiazole rings is 1. The van der Waals surface area contributed by atoms with Crippen LogP contribution in [0.1, 0.15) is 28.5 Å². The molecule has 152 valence electrons. The third-order valence-corrected chi connectivity index (χ3v) is 7.15. The van der Waals surface area contributed by atoms with Crippen molar-refractivity contribution in [1.82, 2.24) is 14.8 Å². The van der Waals surface area contributed by atoms with Crippen LogP contribution < -0.4 is 10.1 Å². The molecule has 30 heavy (non-hydrogen) atoms. The van der Waals surface area contributed by atoms with E-state index in [1.807, 2.05) is 25.1 Å². The van der Waals surface area contributed by atoms with Crippen molar-refractivity contribution < 1.29 is 14.5 Å². The number of thiophene rings is 1. The summed E-state index contributed by atoms with van der Waals surface area (Å²) in [6.07, 6.45) is 0.217. The van der Waals surface area contributed by atoms with Gasteiger partial charge in [-0.15, -0.1) is 0 Å². The Morgan fingerprint density at radius 3 is 2.87 bits per heavy atom. The Balaban J connectivity index is 1.63. The van der Waals surface area contributed by atoms with Gasteiger partial charge in [0, 0.05) is 28.8 Å². The van der Waals surface area contributed by atoms with Gasteiger partial charge >= 0.3 is 5.00 Å². The average Bonchev–Trinajstić information content (AvgIpc) is 3.43. The standard InChI is InChI=1S/C19H15N5O4S2/c1-9-17-11(13-5-6-16(29-13)24(26)27)8-15(25)21-18(17)23(22-9)19-20-12-4-3-10(28-2)7-14(12)30-19/h3-7,11H,8H2,1-2H3,(H,21,25)/t11-/m0/s1. The number of carbonyl (C=O) groups is 1. The number of hydrogen-bond donors (Lipinski definition) is 1. The van der Waals surface area contributed by atoms with Crippen LogP contribution in [0.3, 0.4) is 0 Å². The van der Waals surface area contributed by atoms with E-state index in [-0.39, 0.29) is 23.2 Å². The molecule has 0 spiro atoms. The summed E-state index contributed by atoms with van der Waals surface area (Å²) in [7, 11) is 1.61. The topological polar surface area (TPSA) is 112 Å². The van der Waals surface area contributed by atoms with E-state index in [4.69, 9.17) is 4.74 Å². The van der Waals surface area contributed by atoms with Crippen LogP contribution in [0, 0.1) is 17.0 Å². The summed E-state index contributed by atoms with van der Waals surface area (Å²) in [4.78, 5) is 28.6. The number of nitro groups is 1. The lowest BCUT2D eigenvalue weighted by Crippen LogP contribution is -2.24. The van der Waals surface area contributed by atoms with Crippen molar-refractivity contribution in [1.29, 1.82) is 0 Å². The van der Waals surface area contributed by atoms with Gasteiger partial charge in [-0.2, -0.15) is 9.78 Å². The van der Waals surface area contributed by atoms with Crippen molar-refractivity contribution in [2.75, 3.05) is 12.4 Å². The summed E-state index contributed by atoms with van der Waals surface area (Å²) in [5, 5.41) is 19.3. The SMILES string of the molecule is COc1ccc2nc(-n3nc(C)c4c3NC(=O)C[C@H]4c3ccc([N+](=O)[O-])s3)sc2c1. The minimum absolute atomic E-state index is 0.0581. The lowest BCUT2D eigenvalue weighted by molar-refractivity contribution is -0.380. The van der Waals surface area contributed by atoms with Gasteiger partial charge in [0.05, 0.1) is 27.9 Å². The highest BCUT2D eigenvalue weighted by Crippen LogP contribution is 2.44. The first-order valence-corrected chi connectivity index (χ1v) is 10.7. The van der Waals surface area contributed by atoms with Crippen molar-refractivity contribution >= 4 is 49.6 Å². The highest BCUT2D eigenvalue weighted by molar-refractivity contribution is 7.20. The van der Waals surface area contributed by atoms with E-state index in [0.717, 1.165) is 43.4 Å². The van der Waals surface area contributed by atoms with Crippen LogP contribution in [0.15, 0.2) is 30.3 Å². The second-order valence-electron chi connectivity index (χ2n) is 6.83. The summed E-state index contributed by atoms with van der Waals surface area (Å²) >= 11 is 2.54. The van der Waals surface area contributed by atoms with E-state index in [9.17, 15) is 14.9 Å². The van der Waals surface area contributed by atoms with E-state index >= 15 is 0 Å². The number of fused-ring (bicyclic) bond motifs is 2. The maximum atomic E-state index is 12.5. The summed E-state index contributed by atoms with van der Waals surface area (Å²) in [6, 6.07) is 8.83. The largest absolute Gasteiger partial charge is 0.497 e. The Morgan fingerprint density at radius 2 is 2.13 bits per heavy atom. The lowest BCUT2D eigenvalue weighted by atomic mass is 9.91. The van der Waals surface area contributed by atoms with Crippen LogP contribution in [0.2, 0.25) is 0 Å². The summed E-state index contributed by atoms with van der Waals surface area (Å²) in [5.74, 6) is 0.864. The summed E-state index contributed by atoms with van der Waals surface area (Å²) < 4.78 is 7.87. The van der Waals surface area contributed by atoms with E-state index < -0.39 is 4.92 Å². The van der Waals surface area contributed by atoms with Crippen molar-refractivity contribution in [2.24, 2.45) is 0 Å². The van der Waals surface area contributed by atoms with Crippen LogP contribution in [0.4, 0.5) is 10.8 Å². The quantitative estimate of drug-likeness (QED) is 0.374. The molecule has 4 aromatic rings. The molecule has 0 unspecified atom stereocenters. The Kier molecular flexibility index (Phi) is 4.29. The number of benzene rings is 1. The molecule has 4 heterocycles. The van der Waals surface area contributed by atoms with Gasteiger partial charge in [-0.1, -0.05) is 22.7 Å². The number of aryl methyl sites for hydroxylation is 1. The number of amides is 1. The van der Waals surface area contributed by atoms with Crippen LogP contribution in [0.5, 0.6) is 5.75 Å². The molecule has 3 aromatic heterocycles. The normalized spacial score (nSPS) is 15.8. The minimum Gasteiger partial charge on any atom is -0.497 e. The molecule has 0 saturated carbocycles. The molecular weight excluding hydrogens is 426 g/mol. The number of hydrogen-bond acceptors (Lipinski definition) is 8. The zero-order valence-corrected chi connectivity index (χ0v) is 17.5. The van der Waals surface area contributed by atoms with Crippen LogP contribution >= 0.6 is 22.7 Å². The number of rotatable bonds is 4. The predicted molar refractivity (Wildman–Crippen MR) is 114 cm³/mol. The number of anilines is 1. The van der Waals surface area contributed by atoms with Gasteiger partial charge in [0.15, 0.2) is 0 Å². The fraction of sp³-hybridized carbons (Fsp3) is 0.211. The Bertz CT molecular complexity index is 1320. The van der Waals surface area contributed by atoms with Crippen LogP contribution in [0.25, 0.3) is 15.3 Å². The summed E-state index contributed by atoms with van der Waals surface area (Å²) in [5.41, 5.74) is 2.43. The van der Waals surface area contributed by atoms with Gasteiger partial charge < -0.3 is 10.1 Å². The average molecular weight is 441 g/mol. The molecule has 11 heteroatoms. The predicted octanol–water partition coefficient (Wildman–Crippen LogP) is 4.24. The Morgan fingerprint density at radius 1 is 1.30 bits per heavy atom. The van der Waals surface area contributed by atoms with E-state index in [1.54, 1.807) is 17.9 Å². The van der Waals surface area contributed by atoms with E-state index in [1.165, 1.54) is 17.4 Å². The molecular formula is C19H15N5O4S2. The van der Waals surface area contributed by atoms with Gasteiger partial charge in [-0.05, 0) is 31.2 Å². The lowest BCUT2D eigenvalue weighted by Gasteiger charge is -2.22. The zero-order valence-electron chi connectivity index (χ0n) is 15.9. The fourth-order valence-corrected chi connectivity index (χ4v) is 5.55. The number of nitrogens with zero attached hydrogens (tertiary/aromatic N) is 4. The second kappa shape index (κ2) is 6.89. The van der Waals surface area contributed by atoms with E-state index in [2.05, 4.69) is 15.4 Å². The monoisotopic (exact) mass is 441 g/mol. The number of ether oxygens (including phenoxy) is 1. The van der Waals surface area contributed by atoms with Crippen molar-refractivity contribution in [3.05, 3.63) is 56.6 Å². The first-order valence-electron chi connectivity index (χ1n) is 9.03. The third kappa shape index (κ3) is 2.94. The molecule has 0 radical (unpaired) electrons. The molecule has 1 aliphatic heterocycles. The zero-order chi connectivity index (χ0) is 21.0. The van der Waals surface area contributed by atoms with Crippen molar-refractivity contribution in [2.45, 2.75) is 19.3 Å². The smallest absolute Gasteiger partial charge is 0.324 e. The molecule has 0 bridgehead atoms. The molecule has 0 aliphatic carbocycles. The Labute approximate surface area is 178 Å². The maximum absolute atomic E-state index is 12.5. The van der Waals surface area contributed by atoms with Gasteiger partial charge in [0.1, 0.15) is 11.6 Å². The molecule has 0 fully saturated rings. The molecule has 5 rings (SSSR count). The molecule has 0 saturated heterocycles. The first kappa shape index (κ1) is 18.7. The number of nitrogens with one attached hydrogen (secondary N) is 1. The number of methoxy groups -OCH3 is 1. The molecule has 1 atom stereocenters. The first-order chi connectivity index (χ1) is 14.4. The highest BCUT2D eigenvalue weighted by atomic mass is 32.1. The second-order valence-corrected chi connectivity index (χ2v) is 8.93. The van der Waals surface area contributed by atoms with Gasteiger partial charge in [-0.25, -0.2) is 4.98 Å². The highest BCUT2D eigenvalue weighted by Gasteiger charge is 2.34. The molecule has 1 aliphatic rings. The van der Waals surface area contributed by atoms with Gasteiger partial charge in [0.25, 0.3) is 0 Å². The molecule has 1 N–H and O–H groups in total. The summed E-state index contributed by atoms with van der Waals surface area (Å²) in [6.45, 7) is 1.87. The fourth-order valence-electron chi connectivity index (χ4n) is 3.67. The molecule has 9 nitrogen and oxygen atoms in total. The van der Waals surface area contributed by atoms with Crippen molar-refractivity contribution in [3.63, 3.8) is 0 Å². The maximum Gasteiger partial charge on any atom is 0.324 e. The van der Waals surface area contributed by atoms with Gasteiger partial charge in [0.2, 0.25) is 11.0 Å². The van der Waals surface area contributed by atoms with E-state index in [0.29, 0.717) is 10.9 Å². The van der Waals surface area contributed by atoms with Crippen LogP contribution in [-0.2, 0) is 4.79 Å². The van der Waals surface area contributed by atoms with Crippen molar-refractivity contribution in [3.8, 4) is 10.9 Å². The number of carbonyl (C=O) groups excluding carboxylic acids is 1. The van der Waals surface area contributed by atoms with Gasteiger partial charge in [-0.3, -0.25) is 14.9 Å². The Hall–Kier alpha value is -3.31. The number of aromatic nitrogens is 3. The molecule has 1 amide bonds. The minimum atomic E-state index is -0.413.